The number of nitrogens with zero attached hydrogens (tertiary/aromatic N) is 2. The number of carbonyl (C=O) groups excluding carboxylic acids is 1. The monoisotopic (exact) mass is 245 g/mol. The first-order chi connectivity index (χ1) is 8.79. The molecule has 1 heterocycles. The number of carbonyl (C=O) groups is 1. The van der Waals surface area contributed by atoms with E-state index in [9.17, 15) is 4.79 Å². The average molecular weight is 245 g/mol. The summed E-state index contributed by atoms with van der Waals surface area (Å²) in [7, 11) is 1.62. The molecule has 0 radical (unpaired) electrons. The molecule has 0 fully saturated rings. The molecule has 5 nitrogen and oxygen atoms in total. The van der Waals surface area contributed by atoms with Gasteiger partial charge in [-0.3, -0.25) is 9.48 Å². The third kappa shape index (κ3) is 3.10. The standard InChI is InChI=1S/C13H15N3O2/c1-18-12-6-3-2-5-11(12)9-14-13(17)10-16-8-4-7-15-16/h2-8H,9-10H2,1H3,(H,14,17). The van der Waals surface area contributed by atoms with E-state index in [0.717, 1.165) is 11.3 Å². The maximum absolute atomic E-state index is 11.7. The quantitative estimate of drug-likeness (QED) is 0.861. The maximum atomic E-state index is 11.7. The molecule has 2 aromatic rings. The summed E-state index contributed by atoms with van der Waals surface area (Å²) in [5, 5.41) is 6.81. The predicted molar refractivity (Wildman–Crippen MR) is 67.1 cm³/mol. The van der Waals surface area contributed by atoms with E-state index in [0.29, 0.717) is 6.54 Å². The number of hydrogen-bond acceptors (Lipinski definition) is 3. The summed E-state index contributed by atoms with van der Waals surface area (Å²) in [6.45, 7) is 0.673. The minimum absolute atomic E-state index is 0.0791. The van der Waals surface area contributed by atoms with Crippen LogP contribution in [0.4, 0.5) is 0 Å². The molecule has 1 N–H and O–H groups in total. The van der Waals surface area contributed by atoms with Crippen molar-refractivity contribution in [2.45, 2.75) is 13.1 Å². The van der Waals surface area contributed by atoms with Gasteiger partial charge in [-0.05, 0) is 12.1 Å². The van der Waals surface area contributed by atoms with Crippen LogP contribution in [-0.2, 0) is 17.9 Å². The molecule has 0 spiro atoms. The molecule has 0 aliphatic carbocycles. The zero-order chi connectivity index (χ0) is 12.8. The zero-order valence-corrected chi connectivity index (χ0v) is 10.2. The zero-order valence-electron chi connectivity index (χ0n) is 10.2. The SMILES string of the molecule is COc1ccccc1CNC(=O)Cn1cccn1. The summed E-state index contributed by atoms with van der Waals surface area (Å²) in [6, 6.07) is 9.39. The molecule has 1 aromatic heterocycles. The first-order valence-corrected chi connectivity index (χ1v) is 5.65. The minimum Gasteiger partial charge on any atom is -0.496 e. The van der Waals surface area contributed by atoms with E-state index in [4.69, 9.17) is 4.74 Å². The first-order valence-electron chi connectivity index (χ1n) is 5.65. The maximum Gasteiger partial charge on any atom is 0.241 e. The Morgan fingerprint density at radius 3 is 2.94 bits per heavy atom. The molecule has 0 unspecified atom stereocenters. The Morgan fingerprint density at radius 1 is 1.39 bits per heavy atom. The molecule has 2 rings (SSSR count). The van der Waals surface area contributed by atoms with Crippen LogP contribution in [-0.4, -0.2) is 22.8 Å². The van der Waals surface area contributed by atoms with Gasteiger partial charge in [-0.15, -0.1) is 0 Å². The van der Waals surface area contributed by atoms with Crippen molar-refractivity contribution < 1.29 is 9.53 Å². The molecule has 0 bridgehead atoms. The van der Waals surface area contributed by atoms with Crippen molar-refractivity contribution in [1.82, 2.24) is 15.1 Å². The van der Waals surface area contributed by atoms with Crippen LogP contribution < -0.4 is 10.1 Å². The molecule has 1 amide bonds. The van der Waals surface area contributed by atoms with E-state index in [1.165, 1.54) is 0 Å². The highest BCUT2D eigenvalue weighted by Crippen LogP contribution is 2.16. The van der Waals surface area contributed by atoms with E-state index in [1.54, 1.807) is 30.3 Å². The van der Waals surface area contributed by atoms with Gasteiger partial charge in [-0.2, -0.15) is 5.10 Å². The van der Waals surface area contributed by atoms with Crippen molar-refractivity contribution in [1.29, 1.82) is 0 Å². The Bertz CT molecular complexity index is 509. The van der Waals surface area contributed by atoms with Crippen LogP contribution in [0.2, 0.25) is 0 Å². The van der Waals surface area contributed by atoms with E-state index >= 15 is 0 Å². The summed E-state index contributed by atoms with van der Waals surface area (Å²) in [5.41, 5.74) is 0.953. The van der Waals surface area contributed by atoms with Crippen LogP contribution in [0.5, 0.6) is 5.75 Å². The van der Waals surface area contributed by atoms with Gasteiger partial charge in [-0.25, -0.2) is 0 Å². The number of benzene rings is 1. The molecule has 94 valence electrons. The van der Waals surface area contributed by atoms with Gasteiger partial charge in [-0.1, -0.05) is 18.2 Å². The number of methoxy groups -OCH3 is 1. The Balaban J connectivity index is 1.89. The normalized spacial score (nSPS) is 10.1. The first kappa shape index (κ1) is 12.2. The second kappa shape index (κ2) is 5.86. The lowest BCUT2D eigenvalue weighted by atomic mass is 10.2. The van der Waals surface area contributed by atoms with Gasteiger partial charge in [0.25, 0.3) is 0 Å². The van der Waals surface area contributed by atoms with Crippen molar-refractivity contribution in [2.75, 3.05) is 7.11 Å². The van der Waals surface area contributed by atoms with Crippen molar-refractivity contribution in [3.8, 4) is 5.75 Å². The van der Waals surface area contributed by atoms with Gasteiger partial charge < -0.3 is 10.1 Å². The lowest BCUT2D eigenvalue weighted by molar-refractivity contribution is -0.122. The van der Waals surface area contributed by atoms with Gasteiger partial charge in [0.2, 0.25) is 5.91 Å². The molecule has 0 saturated carbocycles. The van der Waals surface area contributed by atoms with Crippen molar-refractivity contribution in [3.63, 3.8) is 0 Å². The second-order valence-electron chi connectivity index (χ2n) is 3.79. The molecule has 18 heavy (non-hydrogen) atoms. The van der Waals surface area contributed by atoms with E-state index < -0.39 is 0 Å². The Kier molecular flexibility index (Phi) is 3.96. The fraction of sp³-hybridized carbons (Fsp3) is 0.231. The van der Waals surface area contributed by atoms with Gasteiger partial charge in [0, 0.05) is 24.5 Å². The lowest BCUT2D eigenvalue weighted by Crippen LogP contribution is -2.27. The Labute approximate surface area is 105 Å². The summed E-state index contributed by atoms with van der Waals surface area (Å²) in [6.07, 6.45) is 3.40. The number of ether oxygens (including phenoxy) is 1. The van der Waals surface area contributed by atoms with Gasteiger partial charge in [0.1, 0.15) is 12.3 Å². The highest BCUT2D eigenvalue weighted by molar-refractivity contribution is 5.75. The van der Waals surface area contributed by atoms with Gasteiger partial charge in [0.15, 0.2) is 0 Å². The number of rotatable bonds is 5. The molecule has 0 saturated heterocycles. The van der Waals surface area contributed by atoms with Crippen LogP contribution in [0.3, 0.4) is 0 Å². The fourth-order valence-corrected chi connectivity index (χ4v) is 1.64. The van der Waals surface area contributed by atoms with Gasteiger partial charge >= 0.3 is 0 Å². The van der Waals surface area contributed by atoms with E-state index in [1.807, 2.05) is 24.3 Å². The van der Waals surface area contributed by atoms with E-state index in [2.05, 4.69) is 10.4 Å². The summed E-state index contributed by atoms with van der Waals surface area (Å²) in [5.74, 6) is 0.696. The highest BCUT2D eigenvalue weighted by Gasteiger charge is 2.05. The Morgan fingerprint density at radius 2 is 2.22 bits per heavy atom. The molecule has 0 aliphatic rings. The second-order valence-corrected chi connectivity index (χ2v) is 3.79. The molecular formula is C13H15N3O2. The van der Waals surface area contributed by atoms with Crippen molar-refractivity contribution >= 4 is 5.91 Å². The van der Waals surface area contributed by atoms with Gasteiger partial charge in [0.05, 0.1) is 7.11 Å². The summed E-state index contributed by atoms with van der Waals surface area (Å²) in [4.78, 5) is 11.7. The van der Waals surface area contributed by atoms with Crippen LogP contribution in [0.1, 0.15) is 5.56 Å². The number of para-hydroxylation sites is 1. The number of hydrogen-bond donors (Lipinski definition) is 1. The third-order valence-electron chi connectivity index (χ3n) is 2.53. The molecule has 0 atom stereocenters. The van der Waals surface area contributed by atoms with Crippen LogP contribution in [0.15, 0.2) is 42.7 Å². The van der Waals surface area contributed by atoms with E-state index in [-0.39, 0.29) is 12.5 Å². The lowest BCUT2D eigenvalue weighted by Gasteiger charge is -2.09. The fourth-order valence-electron chi connectivity index (χ4n) is 1.64. The number of amides is 1. The van der Waals surface area contributed by atoms with Crippen molar-refractivity contribution in [3.05, 3.63) is 48.3 Å². The molecular weight excluding hydrogens is 230 g/mol. The summed E-state index contributed by atoms with van der Waals surface area (Å²) >= 11 is 0. The predicted octanol–water partition coefficient (Wildman–Crippen LogP) is 1.21. The average Bonchev–Trinajstić information content (AvgIpc) is 2.89. The molecule has 0 aliphatic heterocycles. The topological polar surface area (TPSA) is 56.1 Å². The summed E-state index contributed by atoms with van der Waals surface area (Å²) < 4.78 is 6.80. The number of aromatic nitrogens is 2. The largest absolute Gasteiger partial charge is 0.496 e. The molecule has 1 aromatic carbocycles. The van der Waals surface area contributed by atoms with Crippen LogP contribution in [0.25, 0.3) is 0 Å². The third-order valence-corrected chi connectivity index (χ3v) is 2.53. The number of nitrogens with one attached hydrogen (secondary N) is 1. The minimum atomic E-state index is -0.0791. The van der Waals surface area contributed by atoms with Crippen LogP contribution in [0, 0.1) is 0 Å². The molecule has 5 heteroatoms. The van der Waals surface area contributed by atoms with Crippen LogP contribution >= 0.6 is 0 Å². The van der Waals surface area contributed by atoms with Crippen molar-refractivity contribution in [2.24, 2.45) is 0 Å². The highest BCUT2D eigenvalue weighted by atomic mass is 16.5. The smallest absolute Gasteiger partial charge is 0.241 e. The Hall–Kier alpha value is -2.30.